The molecule has 2 rings (SSSR count). The van der Waals surface area contributed by atoms with Crippen LogP contribution in [0.1, 0.15) is 13.3 Å². The first kappa shape index (κ1) is 11.6. The van der Waals surface area contributed by atoms with Gasteiger partial charge in [0, 0.05) is 17.6 Å². The highest BCUT2D eigenvalue weighted by Crippen LogP contribution is 2.21. The number of nitrogens with two attached hydrogens (primary N) is 1. The Morgan fingerprint density at radius 3 is 3.00 bits per heavy atom. The van der Waals surface area contributed by atoms with Crippen molar-refractivity contribution in [1.82, 2.24) is 9.97 Å². The first-order chi connectivity index (χ1) is 8.20. The molecule has 1 heterocycles. The van der Waals surface area contributed by atoms with Gasteiger partial charge >= 0.3 is 0 Å². The number of nitrogens with one attached hydrogen (secondary N) is 1. The molecule has 0 aliphatic heterocycles. The van der Waals surface area contributed by atoms with Gasteiger partial charge in [0.25, 0.3) is 0 Å². The van der Waals surface area contributed by atoms with Crippen molar-refractivity contribution in [2.24, 2.45) is 0 Å². The minimum atomic E-state index is -0.374. The van der Waals surface area contributed by atoms with E-state index >= 15 is 0 Å². The zero-order valence-electron chi connectivity index (χ0n) is 9.72. The highest BCUT2D eigenvalue weighted by Gasteiger charge is 2.05. The van der Waals surface area contributed by atoms with Gasteiger partial charge in [-0.3, -0.25) is 0 Å². The SMILES string of the molecule is CCC(O)CNc1ncnc2ccc(N)cc12. The zero-order valence-corrected chi connectivity index (χ0v) is 9.72. The van der Waals surface area contributed by atoms with Crippen LogP contribution >= 0.6 is 0 Å². The smallest absolute Gasteiger partial charge is 0.137 e. The summed E-state index contributed by atoms with van der Waals surface area (Å²) in [5.41, 5.74) is 7.25. The van der Waals surface area contributed by atoms with Crippen molar-refractivity contribution in [3.8, 4) is 0 Å². The van der Waals surface area contributed by atoms with Crippen molar-refractivity contribution >= 4 is 22.4 Å². The van der Waals surface area contributed by atoms with Gasteiger partial charge in [-0.25, -0.2) is 9.97 Å². The van der Waals surface area contributed by atoms with Crippen molar-refractivity contribution in [2.45, 2.75) is 19.4 Å². The van der Waals surface area contributed by atoms with Gasteiger partial charge in [-0.05, 0) is 24.6 Å². The fourth-order valence-corrected chi connectivity index (χ4v) is 1.57. The van der Waals surface area contributed by atoms with Crippen LogP contribution < -0.4 is 11.1 Å². The van der Waals surface area contributed by atoms with E-state index in [1.165, 1.54) is 6.33 Å². The summed E-state index contributed by atoms with van der Waals surface area (Å²) >= 11 is 0. The third-order valence-corrected chi connectivity index (χ3v) is 2.64. The summed E-state index contributed by atoms with van der Waals surface area (Å²) in [6.07, 6.45) is 1.83. The second kappa shape index (κ2) is 4.97. The molecule has 0 bridgehead atoms. The molecule has 0 spiro atoms. The molecule has 0 amide bonds. The first-order valence-electron chi connectivity index (χ1n) is 5.63. The van der Waals surface area contributed by atoms with E-state index in [1.54, 1.807) is 6.07 Å². The third-order valence-electron chi connectivity index (χ3n) is 2.64. The molecule has 1 unspecified atom stereocenters. The maximum absolute atomic E-state index is 9.52. The van der Waals surface area contributed by atoms with Gasteiger partial charge < -0.3 is 16.2 Å². The van der Waals surface area contributed by atoms with E-state index < -0.39 is 0 Å². The standard InChI is InChI=1S/C12H16N4O/c1-2-9(17)6-14-12-10-5-8(13)3-4-11(10)15-7-16-12/h3-5,7,9,17H,2,6,13H2,1H3,(H,14,15,16). The van der Waals surface area contributed by atoms with E-state index in [2.05, 4.69) is 15.3 Å². The van der Waals surface area contributed by atoms with Crippen LogP contribution in [0.2, 0.25) is 0 Å². The Morgan fingerprint density at radius 2 is 2.24 bits per heavy atom. The molecule has 4 N–H and O–H groups in total. The summed E-state index contributed by atoms with van der Waals surface area (Å²) < 4.78 is 0. The monoisotopic (exact) mass is 232 g/mol. The summed E-state index contributed by atoms with van der Waals surface area (Å²) in [4.78, 5) is 8.33. The largest absolute Gasteiger partial charge is 0.399 e. The van der Waals surface area contributed by atoms with Gasteiger partial charge in [0.1, 0.15) is 12.1 Å². The fraction of sp³-hybridized carbons (Fsp3) is 0.333. The minimum Gasteiger partial charge on any atom is -0.399 e. The quantitative estimate of drug-likeness (QED) is 0.694. The molecule has 0 fully saturated rings. The fourth-order valence-electron chi connectivity index (χ4n) is 1.57. The Kier molecular flexibility index (Phi) is 3.39. The molecular weight excluding hydrogens is 216 g/mol. The lowest BCUT2D eigenvalue weighted by atomic mass is 10.2. The molecule has 5 nitrogen and oxygen atoms in total. The number of nitrogen functional groups attached to an aromatic ring is 1. The highest BCUT2D eigenvalue weighted by molar-refractivity contribution is 5.91. The summed E-state index contributed by atoms with van der Waals surface area (Å²) in [6, 6.07) is 5.49. The van der Waals surface area contributed by atoms with Gasteiger partial charge in [-0.15, -0.1) is 0 Å². The van der Waals surface area contributed by atoms with Crippen LogP contribution in [0.4, 0.5) is 11.5 Å². The molecule has 0 aliphatic rings. The zero-order chi connectivity index (χ0) is 12.3. The van der Waals surface area contributed by atoms with Crippen LogP contribution in [-0.2, 0) is 0 Å². The molecule has 2 aromatic rings. The van der Waals surface area contributed by atoms with Gasteiger partial charge in [0.2, 0.25) is 0 Å². The molecule has 90 valence electrons. The number of rotatable bonds is 4. The number of anilines is 2. The summed E-state index contributed by atoms with van der Waals surface area (Å²) in [6.45, 7) is 2.40. The summed E-state index contributed by atoms with van der Waals surface area (Å²) in [7, 11) is 0. The average molecular weight is 232 g/mol. The Hall–Kier alpha value is -1.88. The number of fused-ring (bicyclic) bond motifs is 1. The van der Waals surface area contributed by atoms with Gasteiger partial charge in [-0.2, -0.15) is 0 Å². The van der Waals surface area contributed by atoms with Crippen molar-refractivity contribution in [3.05, 3.63) is 24.5 Å². The predicted octanol–water partition coefficient (Wildman–Crippen LogP) is 1.39. The second-order valence-corrected chi connectivity index (χ2v) is 3.94. The van der Waals surface area contributed by atoms with E-state index in [4.69, 9.17) is 5.73 Å². The van der Waals surface area contributed by atoms with E-state index in [-0.39, 0.29) is 6.10 Å². The van der Waals surface area contributed by atoms with Gasteiger partial charge in [-0.1, -0.05) is 6.92 Å². The molecule has 17 heavy (non-hydrogen) atoms. The molecule has 1 aromatic heterocycles. The van der Waals surface area contributed by atoms with Crippen LogP contribution in [0.25, 0.3) is 10.9 Å². The van der Waals surface area contributed by atoms with Gasteiger partial charge in [0.15, 0.2) is 0 Å². The van der Waals surface area contributed by atoms with Crippen LogP contribution in [0, 0.1) is 0 Å². The van der Waals surface area contributed by atoms with Crippen molar-refractivity contribution in [2.75, 3.05) is 17.6 Å². The number of aliphatic hydroxyl groups is 1. The van der Waals surface area contributed by atoms with Crippen molar-refractivity contribution < 1.29 is 5.11 Å². The number of aromatic nitrogens is 2. The summed E-state index contributed by atoms with van der Waals surface area (Å²) in [5, 5.41) is 13.5. The third kappa shape index (κ3) is 2.62. The molecule has 1 aromatic carbocycles. The normalized spacial score (nSPS) is 12.6. The number of hydrogen-bond donors (Lipinski definition) is 3. The average Bonchev–Trinajstić information content (AvgIpc) is 2.35. The number of aliphatic hydroxyl groups excluding tert-OH is 1. The Morgan fingerprint density at radius 1 is 1.41 bits per heavy atom. The van der Waals surface area contributed by atoms with Crippen molar-refractivity contribution in [1.29, 1.82) is 0 Å². The van der Waals surface area contributed by atoms with E-state index in [1.807, 2.05) is 19.1 Å². The molecular formula is C12H16N4O. The predicted molar refractivity (Wildman–Crippen MR) is 68.7 cm³/mol. The van der Waals surface area contributed by atoms with Crippen LogP contribution in [0.5, 0.6) is 0 Å². The Bertz CT molecular complexity index is 515. The molecule has 5 heteroatoms. The topological polar surface area (TPSA) is 84.1 Å². The van der Waals surface area contributed by atoms with Crippen LogP contribution in [-0.4, -0.2) is 27.7 Å². The van der Waals surface area contributed by atoms with E-state index in [0.29, 0.717) is 24.5 Å². The molecule has 0 saturated carbocycles. The van der Waals surface area contributed by atoms with E-state index in [9.17, 15) is 5.11 Å². The van der Waals surface area contributed by atoms with Crippen LogP contribution in [0.15, 0.2) is 24.5 Å². The number of benzene rings is 1. The lowest BCUT2D eigenvalue weighted by Gasteiger charge is -2.11. The highest BCUT2D eigenvalue weighted by atomic mass is 16.3. The number of hydrogen-bond acceptors (Lipinski definition) is 5. The van der Waals surface area contributed by atoms with Gasteiger partial charge in [0.05, 0.1) is 11.6 Å². The van der Waals surface area contributed by atoms with E-state index in [0.717, 1.165) is 10.9 Å². The number of nitrogens with zero attached hydrogens (tertiary/aromatic N) is 2. The molecule has 1 atom stereocenters. The lowest BCUT2D eigenvalue weighted by Crippen LogP contribution is -2.18. The minimum absolute atomic E-state index is 0.374. The Balaban J connectivity index is 2.30. The summed E-state index contributed by atoms with van der Waals surface area (Å²) in [5.74, 6) is 0.704. The van der Waals surface area contributed by atoms with Crippen LogP contribution in [0.3, 0.4) is 0 Å². The maximum Gasteiger partial charge on any atom is 0.137 e. The molecule has 0 aliphatic carbocycles. The molecule has 0 saturated heterocycles. The van der Waals surface area contributed by atoms with Crippen molar-refractivity contribution in [3.63, 3.8) is 0 Å². The Labute approximate surface area is 99.7 Å². The second-order valence-electron chi connectivity index (χ2n) is 3.94. The molecule has 0 radical (unpaired) electrons. The lowest BCUT2D eigenvalue weighted by molar-refractivity contribution is 0.183. The maximum atomic E-state index is 9.52. The first-order valence-corrected chi connectivity index (χ1v) is 5.63.